The van der Waals surface area contributed by atoms with Gasteiger partial charge in [-0.1, -0.05) is 42.5 Å². The second-order valence-electron chi connectivity index (χ2n) is 5.56. The largest absolute Gasteiger partial charge is 0.464 e. The molecule has 7 heteroatoms. The van der Waals surface area contributed by atoms with E-state index in [0.717, 1.165) is 16.8 Å². The quantitative estimate of drug-likeness (QED) is 0.574. The number of nitrogens with zero attached hydrogens (tertiary/aromatic N) is 3. The highest BCUT2D eigenvalue weighted by molar-refractivity contribution is 5.54. The molecule has 4 N–H and O–H groups in total. The molecule has 0 bridgehead atoms. The third kappa shape index (κ3) is 4.90. The summed E-state index contributed by atoms with van der Waals surface area (Å²) in [6, 6.07) is 18.1. The van der Waals surface area contributed by atoms with Crippen LogP contribution >= 0.6 is 0 Å². The Hall–Kier alpha value is -3.19. The van der Waals surface area contributed by atoms with Gasteiger partial charge in [-0.3, -0.25) is 0 Å². The Morgan fingerprint density at radius 1 is 0.885 bits per heavy atom. The molecule has 0 fully saturated rings. The highest BCUT2D eigenvalue weighted by Gasteiger charge is 2.08. The summed E-state index contributed by atoms with van der Waals surface area (Å²) in [6.45, 7) is 3.49. The van der Waals surface area contributed by atoms with Gasteiger partial charge in [0.05, 0.1) is 6.61 Å². The lowest BCUT2D eigenvalue weighted by Gasteiger charge is -2.10. The van der Waals surface area contributed by atoms with Crippen molar-refractivity contribution in [2.75, 3.05) is 17.2 Å². The van der Waals surface area contributed by atoms with E-state index in [2.05, 4.69) is 25.6 Å². The van der Waals surface area contributed by atoms with Crippen LogP contribution < -0.4 is 21.1 Å². The minimum absolute atomic E-state index is 0.277. The topological polar surface area (TPSA) is 98.0 Å². The zero-order chi connectivity index (χ0) is 18.2. The van der Waals surface area contributed by atoms with Crippen molar-refractivity contribution in [2.24, 2.45) is 5.73 Å². The second-order valence-corrected chi connectivity index (χ2v) is 5.56. The number of ether oxygens (including phenoxy) is 1. The molecule has 1 aromatic heterocycles. The molecule has 1 heterocycles. The van der Waals surface area contributed by atoms with E-state index >= 15 is 0 Å². The number of aromatic nitrogens is 3. The second kappa shape index (κ2) is 8.77. The van der Waals surface area contributed by atoms with Crippen molar-refractivity contribution in [1.82, 2.24) is 15.0 Å². The van der Waals surface area contributed by atoms with Gasteiger partial charge in [-0.15, -0.1) is 0 Å². The van der Waals surface area contributed by atoms with Crippen LogP contribution in [0.5, 0.6) is 6.01 Å². The molecule has 0 unspecified atom stereocenters. The van der Waals surface area contributed by atoms with Gasteiger partial charge in [0, 0.05) is 18.8 Å². The van der Waals surface area contributed by atoms with Crippen molar-refractivity contribution in [3.8, 4) is 6.01 Å². The molecule has 26 heavy (non-hydrogen) atoms. The summed E-state index contributed by atoms with van der Waals surface area (Å²) in [5.41, 5.74) is 8.69. The molecule has 0 saturated heterocycles. The Morgan fingerprint density at radius 2 is 1.62 bits per heavy atom. The lowest BCUT2D eigenvalue weighted by atomic mass is 10.2. The molecule has 0 saturated carbocycles. The Labute approximate surface area is 152 Å². The lowest BCUT2D eigenvalue weighted by Crippen LogP contribution is -2.09. The fourth-order valence-corrected chi connectivity index (χ4v) is 2.32. The van der Waals surface area contributed by atoms with Gasteiger partial charge in [0.1, 0.15) is 0 Å². The number of nitrogens with two attached hydrogens (primary N) is 1. The first kappa shape index (κ1) is 17.6. The fourth-order valence-electron chi connectivity index (χ4n) is 2.32. The summed E-state index contributed by atoms with van der Waals surface area (Å²) in [5, 5.41) is 6.37. The molecule has 0 aliphatic rings. The van der Waals surface area contributed by atoms with Gasteiger partial charge in [-0.05, 0) is 30.2 Å². The van der Waals surface area contributed by atoms with Gasteiger partial charge in [0.25, 0.3) is 0 Å². The van der Waals surface area contributed by atoms with Crippen LogP contribution in [0.1, 0.15) is 18.1 Å². The van der Waals surface area contributed by atoms with E-state index in [1.165, 1.54) is 0 Å². The van der Waals surface area contributed by atoms with Crippen LogP contribution in [0.15, 0.2) is 54.6 Å². The Balaban J connectivity index is 1.76. The van der Waals surface area contributed by atoms with E-state index in [0.29, 0.717) is 31.6 Å². The van der Waals surface area contributed by atoms with E-state index < -0.39 is 0 Å². The third-order valence-corrected chi connectivity index (χ3v) is 3.63. The number of anilines is 3. The van der Waals surface area contributed by atoms with Crippen LogP contribution in [0.3, 0.4) is 0 Å². The zero-order valence-electron chi connectivity index (χ0n) is 14.6. The minimum atomic E-state index is 0.277. The van der Waals surface area contributed by atoms with Crippen LogP contribution in [-0.2, 0) is 13.1 Å². The first-order valence-electron chi connectivity index (χ1n) is 8.49. The van der Waals surface area contributed by atoms with E-state index in [-0.39, 0.29) is 6.01 Å². The molecular weight excluding hydrogens is 328 g/mol. The predicted octanol–water partition coefficient (Wildman–Crippen LogP) is 3.08. The predicted molar refractivity (Wildman–Crippen MR) is 102 cm³/mol. The number of nitrogens with one attached hydrogen (secondary N) is 2. The molecule has 0 amide bonds. The van der Waals surface area contributed by atoms with Crippen LogP contribution in [0.4, 0.5) is 17.6 Å². The zero-order valence-corrected chi connectivity index (χ0v) is 14.6. The van der Waals surface area contributed by atoms with Gasteiger partial charge in [-0.25, -0.2) is 0 Å². The van der Waals surface area contributed by atoms with Gasteiger partial charge in [-0.2, -0.15) is 15.0 Å². The van der Waals surface area contributed by atoms with Crippen molar-refractivity contribution in [1.29, 1.82) is 0 Å². The summed E-state index contributed by atoms with van der Waals surface area (Å²) in [4.78, 5) is 13.0. The maximum absolute atomic E-state index is 5.63. The molecule has 0 aliphatic heterocycles. The minimum Gasteiger partial charge on any atom is -0.464 e. The highest BCUT2D eigenvalue weighted by atomic mass is 16.5. The third-order valence-electron chi connectivity index (χ3n) is 3.63. The Kier molecular flexibility index (Phi) is 5.95. The van der Waals surface area contributed by atoms with Gasteiger partial charge in [0.2, 0.25) is 11.9 Å². The van der Waals surface area contributed by atoms with Gasteiger partial charge >= 0.3 is 6.01 Å². The van der Waals surface area contributed by atoms with Gasteiger partial charge in [0.15, 0.2) is 0 Å². The maximum Gasteiger partial charge on any atom is 0.323 e. The number of hydrogen-bond donors (Lipinski definition) is 3. The standard InChI is InChI=1S/C19H22N6O/c1-2-26-19-24-17(21-13-15-6-4-3-5-7-15)23-18(25-19)22-16-10-8-14(12-20)9-11-16/h3-11H,2,12-13,20H2,1H3,(H2,21,22,23,24,25). The van der Waals surface area contributed by atoms with Crippen LogP contribution in [-0.4, -0.2) is 21.6 Å². The smallest absolute Gasteiger partial charge is 0.323 e. The monoisotopic (exact) mass is 350 g/mol. The number of hydrogen-bond acceptors (Lipinski definition) is 7. The van der Waals surface area contributed by atoms with E-state index in [1.54, 1.807) is 0 Å². The first-order valence-corrected chi connectivity index (χ1v) is 8.49. The Morgan fingerprint density at radius 3 is 2.31 bits per heavy atom. The average Bonchev–Trinajstić information content (AvgIpc) is 2.68. The summed E-state index contributed by atoms with van der Waals surface area (Å²) in [6.07, 6.45) is 0. The molecule has 0 atom stereocenters. The van der Waals surface area contributed by atoms with Crippen molar-refractivity contribution in [3.05, 3.63) is 65.7 Å². The van der Waals surface area contributed by atoms with Gasteiger partial charge < -0.3 is 21.1 Å². The van der Waals surface area contributed by atoms with E-state index in [9.17, 15) is 0 Å². The molecule has 0 spiro atoms. The summed E-state index contributed by atoms with van der Waals surface area (Å²) in [7, 11) is 0. The van der Waals surface area contributed by atoms with Crippen LogP contribution in [0, 0.1) is 0 Å². The van der Waals surface area contributed by atoms with Crippen LogP contribution in [0.2, 0.25) is 0 Å². The molecule has 134 valence electrons. The van der Waals surface area contributed by atoms with E-state index in [1.807, 2.05) is 61.5 Å². The molecule has 0 aliphatic carbocycles. The molecular formula is C19H22N6O. The first-order chi connectivity index (χ1) is 12.8. The van der Waals surface area contributed by atoms with E-state index in [4.69, 9.17) is 10.5 Å². The molecule has 0 radical (unpaired) electrons. The van der Waals surface area contributed by atoms with Crippen LogP contribution in [0.25, 0.3) is 0 Å². The lowest BCUT2D eigenvalue weighted by molar-refractivity contribution is 0.312. The normalized spacial score (nSPS) is 10.4. The van der Waals surface area contributed by atoms with Crippen molar-refractivity contribution < 1.29 is 4.74 Å². The fraction of sp³-hybridized carbons (Fsp3) is 0.211. The number of rotatable bonds is 8. The Bertz CT molecular complexity index is 823. The summed E-state index contributed by atoms with van der Waals surface area (Å²) >= 11 is 0. The van der Waals surface area contributed by atoms with Crippen molar-refractivity contribution >= 4 is 17.6 Å². The molecule has 7 nitrogen and oxygen atoms in total. The average molecular weight is 350 g/mol. The molecule has 2 aromatic carbocycles. The maximum atomic E-state index is 5.63. The van der Waals surface area contributed by atoms with Crippen molar-refractivity contribution in [2.45, 2.75) is 20.0 Å². The highest BCUT2D eigenvalue weighted by Crippen LogP contribution is 2.18. The number of benzene rings is 2. The summed E-state index contributed by atoms with van der Waals surface area (Å²) in [5.74, 6) is 0.868. The molecule has 3 aromatic rings. The SMILES string of the molecule is CCOc1nc(NCc2ccccc2)nc(Nc2ccc(CN)cc2)n1. The molecule has 3 rings (SSSR count). The summed E-state index contributed by atoms with van der Waals surface area (Å²) < 4.78 is 5.45. The van der Waals surface area contributed by atoms with Crippen molar-refractivity contribution in [3.63, 3.8) is 0 Å².